The molecular formula is C45H46N6O16. The number of rotatable bonds is 21. The lowest BCUT2D eigenvalue weighted by Crippen LogP contribution is -2.32. The number of ketones is 1. The molecule has 67 heavy (non-hydrogen) atoms. The van der Waals surface area contributed by atoms with Gasteiger partial charge in [-0.05, 0) is 49.7 Å². The number of nitrogens with zero attached hydrogens (tertiary/aromatic N) is 4. The van der Waals surface area contributed by atoms with Crippen molar-refractivity contribution in [2.24, 2.45) is 0 Å². The molecule has 0 saturated heterocycles. The lowest BCUT2D eigenvalue weighted by atomic mass is 9.77. The normalized spacial score (nSPS) is 12.6. The first-order valence-corrected chi connectivity index (χ1v) is 20.8. The number of Topliss-reactive ketones (excluding diaryl/α,β-unsaturated/α-hetero) is 1. The largest absolute Gasteiger partial charge is 0.508 e. The smallest absolute Gasteiger partial charge is 0.419 e. The Hall–Kier alpha value is -7.95. The first kappa shape index (κ1) is 48.5. The van der Waals surface area contributed by atoms with E-state index in [2.05, 4.69) is 15.6 Å². The number of non-ortho nitro benzene ring substituents is 1. The minimum Gasteiger partial charge on any atom is -0.508 e. The molecule has 1 aromatic heterocycles. The van der Waals surface area contributed by atoms with Crippen molar-refractivity contribution in [3.8, 4) is 23.0 Å². The summed E-state index contributed by atoms with van der Waals surface area (Å²) in [7, 11) is 0. The fourth-order valence-corrected chi connectivity index (χ4v) is 6.98. The predicted molar refractivity (Wildman–Crippen MR) is 234 cm³/mol. The molecule has 5 aromatic rings. The van der Waals surface area contributed by atoms with E-state index in [-0.39, 0.29) is 49.3 Å². The van der Waals surface area contributed by atoms with Crippen LogP contribution in [0.25, 0.3) is 0 Å². The third kappa shape index (κ3) is 12.4. The number of carbonyl (C=O) groups excluding carboxylic acids is 4. The molecule has 2 aliphatic rings. The molecule has 22 nitrogen and oxygen atoms in total. The number of phenols is 2. The van der Waals surface area contributed by atoms with E-state index in [9.17, 15) is 49.6 Å². The van der Waals surface area contributed by atoms with Crippen LogP contribution in [0.15, 0.2) is 91.4 Å². The Kier molecular flexibility index (Phi) is 16.5. The van der Waals surface area contributed by atoms with Gasteiger partial charge in [0.15, 0.2) is 5.60 Å². The van der Waals surface area contributed by atoms with Gasteiger partial charge in [0.05, 0.1) is 66.7 Å². The second-order valence-corrected chi connectivity index (χ2v) is 14.8. The number of benzene rings is 4. The van der Waals surface area contributed by atoms with Crippen LogP contribution in [-0.4, -0.2) is 113 Å². The van der Waals surface area contributed by atoms with Crippen molar-refractivity contribution in [3.63, 3.8) is 0 Å². The monoisotopic (exact) mass is 926 g/mol. The number of aromatic hydroxyl groups is 2. The van der Waals surface area contributed by atoms with Crippen molar-refractivity contribution in [2.75, 3.05) is 64.7 Å². The predicted octanol–water partition coefficient (Wildman–Crippen LogP) is 5.54. The second kappa shape index (κ2) is 22.8. The lowest BCUT2D eigenvalue weighted by Gasteiger charge is -2.36. The first-order chi connectivity index (χ1) is 32.3. The molecule has 0 atom stereocenters. The van der Waals surface area contributed by atoms with Gasteiger partial charge in [-0.25, -0.2) is 19.1 Å². The summed E-state index contributed by atoms with van der Waals surface area (Å²) in [5.41, 5.74) is 0.809. The van der Waals surface area contributed by atoms with E-state index in [1.54, 1.807) is 31.2 Å². The van der Waals surface area contributed by atoms with Gasteiger partial charge in [0.2, 0.25) is 5.91 Å². The van der Waals surface area contributed by atoms with Gasteiger partial charge in [0.25, 0.3) is 11.4 Å². The van der Waals surface area contributed by atoms with Gasteiger partial charge in [0, 0.05) is 67.1 Å². The Morgan fingerprint density at radius 2 is 1.45 bits per heavy atom. The first-order valence-electron chi connectivity index (χ1n) is 20.8. The van der Waals surface area contributed by atoms with E-state index in [4.69, 9.17) is 28.4 Å². The van der Waals surface area contributed by atoms with E-state index in [1.807, 2.05) is 12.1 Å². The van der Waals surface area contributed by atoms with Crippen molar-refractivity contribution < 1.29 is 67.7 Å². The van der Waals surface area contributed by atoms with Crippen LogP contribution in [0, 0.1) is 20.2 Å². The number of nitro benzene ring substituents is 2. The molecule has 1 amide bonds. The molecule has 0 radical (unpaired) electrons. The Balaban J connectivity index is 0.000000248. The number of nitro groups is 2. The number of imidazole rings is 1. The van der Waals surface area contributed by atoms with Gasteiger partial charge < -0.3 is 54.1 Å². The second-order valence-electron chi connectivity index (χ2n) is 14.8. The summed E-state index contributed by atoms with van der Waals surface area (Å²) in [6, 6.07) is 19.7. The molecule has 0 aliphatic carbocycles. The molecular weight excluding hydrogens is 881 g/mol. The van der Waals surface area contributed by atoms with Crippen molar-refractivity contribution in [2.45, 2.75) is 31.8 Å². The van der Waals surface area contributed by atoms with Crippen LogP contribution in [0.4, 0.5) is 21.9 Å². The zero-order chi connectivity index (χ0) is 47.9. The van der Waals surface area contributed by atoms with E-state index in [1.165, 1.54) is 36.8 Å². The van der Waals surface area contributed by atoms with Crippen LogP contribution in [0.1, 0.15) is 52.5 Å². The molecule has 1 spiro atoms. The molecule has 3 heterocycles. The summed E-state index contributed by atoms with van der Waals surface area (Å²) < 4.78 is 34.1. The number of phenolic OH excluding ortho intramolecular Hbond substituents is 2. The molecule has 7 rings (SSSR count). The van der Waals surface area contributed by atoms with Crippen LogP contribution in [0.3, 0.4) is 0 Å². The maximum absolute atomic E-state index is 12.5. The van der Waals surface area contributed by atoms with Gasteiger partial charge in [0.1, 0.15) is 47.4 Å². The standard InChI is InChI=1S/C25H34N6O11.C20H12O5/c1-19(32)3-2-8-39-9-10-40-11-12-41-13-14-42-25(34)29-17-20(28-18-29)6-7-26-24(33)16-27-22-5-4-21(30(35)36)15-23(22)31(37)38;21-11-5-7-15-17(9-11)24-18-10-12(22)6-8-16(18)20(15)14-4-2-1-3-13(14)19(23)25-20/h4-5,15,17-18,27H,2-3,6-14,16H2,1H3,(H,26,33);1-10,21-22H. The number of hydrogen-bond acceptors (Lipinski definition) is 18. The van der Waals surface area contributed by atoms with Crippen molar-refractivity contribution in [3.05, 3.63) is 140 Å². The van der Waals surface area contributed by atoms with E-state index < -0.39 is 44.8 Å². The van der Waals surface area contributed by atoms with E-state index in [0.717, 1.165) is 22.8 Å². The van der Waals surface area contributed by atoms with Crippen LogP contribution in [-0.2, 0) is 45.3 Å². The van der Waals surface area contributed by atoms with Gasteiger partial charge in [-0.15, -0.1) is 0 Å². The summed E-state index contributed by atoms with van der Waals surface area (Å²) >= 11 is 0. The molecule has 22 heteroatoms. The Bertz CT molecular complexity index is 2560. The fourth-order valence-electron chi connectivity index (χ4n) is 6.98. The third-order valence-electron chi connectivity index (χ3n) is 10.1. The molecule has 2 aliphatic heterocycles. The molecule has 0 bridgehead atoms. The van der Waals surface area contributed by atoms with Crippen LogP contribution < -0.4 is 15.4 Å². The average molecular weight is 927 g/mol. The van der Waals surface area contributed by atoms with Gasteiger partial charge >= 0.3 is 12.1 Å². The number of anilines is 1. The average Bonchev–Trinajstić information content (AvgIpc) is 3.89. The number of hydrogen-bond donors (Lipinski definition) is 4. The summed E-state index contributed by atoms with van der Waals surface area (Å²) in [6.45, 7) is 3.68. The highest BCUT2D eigenvalue weighted by Gasteiger charge is 2.53. The molecule has 0 saturated carbocycles. The van der Waals surface area contributed by atoms with E-state index >= 15 is 0 Å². The summed E-state index contributed by atoms with van der Waals surface area (Å²) in [5.74, 6) is 0.0769. The maximum Gasteiger partial charge on any atom is 0.419 e. The summed E-state index contributed by atoms with van der Waals surface area (Å²) in [5, 5.41) is 46.9. The number of carbonyl (C=O) groups is 4. The molecule has 0 unspecified atom stereocenters. The number of nitrogens with one attached hydrogen (secondary N) is 2. The molecule has 352 valence electrons. The van der Waals surface area contributed by atoms with Crippen LogP contribution in [0.2, 0.25) is 0 Å². The zero-order valence-corrected chi connectivity index (χ0v) is 36.0. The van der Waals surface area contributed by atoms with Gasteiger partial charge in [-0.3, -0.25) is 25.0 Å². The van der Waals surface area contributed by atoms with Gasteiger partial charge in [-0.2, -0.15) is 0 Å². The highest BCUT2D eigenvalue weighted by molar-refractivity contribution is 5.97. The minimum atomic E-state index is -1.17. The van der Waals surface area contributed by atoms with Crippen LogP contribution >= 0.6 is 0 Å². The van der Waals surface area contributed by atoms with Crippen LogP contribution in [0.5, 0.6) is 23.0 Å². The highest BCUT2D eigenvalue weighted by atomic mass is 16.6. The number of esters is 1. The van der Waals surface area contributed by atoms with Crippen molar-refractivity contribution in [1.29, 1.82) is 0 Å². The maximum atomic E-state index is 12.5. The van der Waals surface area contributed by atoms with Crippen molar-refractivity contribution >= 4 is 40.8 Å². The number of fused-ring (bicyclic) bond motifs is 6. The summed E-state index contributed by atoms with van der Waals surface area (Å²) in [6.07, 6.45) is 3.61. The highest BCUT2D eigenvalue weighted by Crippen LogP contribution is 2.56. The minimum absolute atomic E-state index is 0.0294. The Labute approximate surface area is 381 Å². The Morgan fingerprint density at radius 3 is 2.09 bits per heavy atom. The quantitative estimate of drug-likeness (QED) is 0.0304. The molecule has 4 N–H and O–H groups in total. The zero-order valence-electron chi connectivity index (χ0n) is 36.0. The fraction of sp³-hybridized carbons (Fsp3) is 0.311. The topological polar surface area (TPSA) is 292 Å². The number of ether oxygens (including phenoxy) is 6. The summed E-state index contributed by atoms with van der Waals surface area (Å²) in [4.78, 5) is 72.1. The number of aromatic nitrogens is 2. The SMILES string of the molecule is CC(=O)CCCOCCOCCOCCOC(=O)n1cnc(CCNC(=O)CNc2ccc([N+](=O)[O-])cc2[N+](=O)[O-])c1.O=C1OC2(c3ccc(O)cc3Oc3cc(O)ccc32)c2ccccc21. The molecule has 4 aromatic carbocycles. The third-order valence-corrected chi connectivity index (χ3v) is 10.1. The van der Waals surface area contributed by atoms with Gasteiger partial charge in [-0.1, -0.05) is 18.2 Å². The Morgan fingerprint density at radius 1 is 0.806 bits per heavy atom. The number of amides is 1. The molecule has 0 fully saturated rings. The lowest BCUT2D eigenvalue weighted by molar-refractivity contribution is -0.393. The van der Waals surface area contributed by atoms with Crippen molar-refractivity contribution in [1.82, 2.24) is 14.9 Å². The van der Waals surface area contributed by atoms with E-state index in [0.29, 0.717) is 91.7 Å².